The summed E-state index contributed by atoms with van der Waals surface area (Å²) < 4.78 is 1.69. The summed E-state index contributed by atoms with van der Waals surface area (Å²) in [6.45, 7) is 12.1. The molecule has 5 heteroatoms. The summed E-state index contributed by atoms with van der Waals surface area (Å²) >= 11 is 0. The van der Waals surface area contributed by atoms with Gasteiger partial charge in [0.1, 0.15) is 5.82 Å². The van der Waals surface area contributed by atoms with E-state index in [0.717, 1.165) is 43.2 Å². The van der Waals surface area contributed by atoms with Crippen LogP contribution in [-0.4, -0.2) is 45.5 Å². The molecule has 1 aromatic carbocycles. The number of aromatic nitrogens is 2. The summed E-state index contributed by atoms with van der Waals surface area (Å²) in [4.78, 5) is 22.0. The number of piperazine rings is 1. The molecule has 0 aliphatic carbocycles. The van der Waals surface area contributed by atoms with Gasteiger partial charge in [-0.05, 0) is 26.0 Å². The number of benzene rings is 1. The van der Waals surface area contributed by atoms with Gasteiger partial charge in [0, 0.05) is 38.9 Å². The number of rotatable bonds is 3. The maximum absolute atomic E-state index is 12.6. The number of hydrogen-bond acceptors (Lipinski definition) is 4. The van der Waals surface area contributed by atoms with E-state index in [9.17, 15) is 4.79 Å². The van der Waals surface area contributed by atoms with Crippen LogP contribution in [0.25, 0.3) is 10.9 Å². The smallest absolute Gasteiger partial charge is 0.261 e. The van der Waals surface area contributed by atoms with Crippen LogP contribution < -0.4 is 5.56 Å². The van der Waals surface area contributed by atoms with Crippen molar-refractivity contribution < 1.29 is 0 Å². The van der Waals surface area contributed by atoms with E-state index < -0.39 is 0 Å². The SMILES string of the molecule is C=C(C)N1CCN(C(C)c2nc3ccccc3c(=O)n2C)CC1. The molecule has 0 amide bonds. The zero-order valence-electron chi connectivity index (χ0n) is 14.1. The molecule has 1 aliphatic rings. The molecule has 1 unspecified atom stereocenters. The van der Waals surface area contributed by atoms with E-state index in [1.165, 1.54) is 0 Å². The first kappa shape index (κ1) is 15.7. The number of para-hydroxylation sites is 1. The van der Waals surface area contributed by atoms with Crippen LogP contribution in [0.15, 0.2) is 41.3 Å². The minimum Gasteiger partial charge on any atom is -0.373 e. The highest BCUT2D eigenvalue weighted by atomic mass is 16.1. The van der Waals surface area contributed by atoms with E-state index in [4.69, 9.17) is 4.98 Å². The molecule has 3 rings (SSSR count). The first-order valence-corrected chi connectivity index (χ1v) is 8.09. The summed E-state index contributed by atoms with van der Waals surface area (Å²) in [6.07, 6.45) is 0. The fourth-order valence-electron chi connectivity index (χ4n) is 3.26. The Morgan fingerprint density at radius 1 is 1.22 bits per heavy atom. The minimum atomic E-state index is 0.0259. The molecule has 1 aliphatic heterocycles. The Morgan fingerprint density at radius 3 is 2.52 bits per heavy atom. The van der Waals surface area contributed by atoms with Crippen LogP contribution in [0.4, 0.5) is 0 Å². The fourth-order valence-corrected chi connectivity index (χ4v) is 3.26. The molecule has 5 nitrogen and oxygen atoms in total. The van der Waals surface area contributed by atoms with Gasteiger partial charge in [0.25, 0.3) is 5.56 Å². The maximum Gasteiger partial charge on any atom is 0.261 e. The Kier molecular flexibility index (Phi) is 4.22. The molecule has 1 fully saturated rings. The van der Waals surface area contributed by atoms with E-state index in [2.05, 4.69) is 23.3 Å². The van der Waals surface area contributed by atoms with Crippen molar-refractivity contribution in [2.75, 3.05) is 26.2 Å². The quantitative estimate of drug-likeness (QED) is 0.871. The predicted octanol–water partition coefficient (Wildman–Crippen LogP) is 2.15. The zero-order valence-corrected chi connectivity index (χ0v) is 14.1. The molecule has 1 aromatic heterocycles. The standard InChI is InChI=1S/C18H24N4O/c1-13(2)21-9-11-22(12-10-21)14(3)17-19-16-8-6-5-7-15(16)18(23)20(17)4/h5-8,14H,1,9-12H2,2-4H3. The largest absolute Gasteiger partial charge is 0.373 e. The van der Waals surface area contributed by atoms with Crippen LogP contribution in [-0.2, 0) is 7.05 Å². The molecule has 1 atom stereocenters. The Balaban J connectivity index is 1.90. The lowest BCUT2D eigenvalue weighted by Crippen LogP contribution is -2.47. The van der Waals surface area contributed by atoms with E-state index in [1.54, 1.807) is 4.57 Å². The van der Waals surface area contributed by atoms with Crippen molar-refractivity contribution in [1.29, 1.82) is 0 Å². The third kappa shape index (κ3) is 2.88. The van der Waals surface area contributed by atoms with Crippen LogP contribution in [0.2, 0.25) is 0 Å². The molecular weight excluding hydrogens is 288 g/mol. The Morgan fingerprint density at radius 2 is 1.87 bits per heavy atom. The van der Waals surface area contributed by atoms with Crippen LogP contribution in [0.3, 0.4) is 0 Å². The van der Waals surface area contributed by atoms with Crippen molar-refractivity contribution in [3.63, 3.8) is 0 Å². The molecule has 1 saturated heterocycles. The van der Waals surface area contributed by atoms with Gasteiger partial charge >= 0.3 is 0 Å². The topological polar surface area (TPSA) is 41.4 Å². The van der Waals surface area contributed by atoms with Crippen LogP contribution in [0.1, 0.15) is 25.7 Å². The average molecular weight is 312 g/mol. The van der Waals surface area contributed by atoms with Crippen molar-refractivity contribution >= 4 is 10.9 Å². The minimum absolute atomic E-state index is 0.0259. The van der Waals surface area contributed by atoms with E-state index >= 15 is 0 Å². The lowest BCUT2D eigenvalue weighted by atomic mass is 10.2. The Bertz CT molecular complexity index is 787. The third-order valence-electron chi connectivity index (χ3n) is 4.79. The normalized spacial score (nSPS) is 17.4. The van der Waals surface area contributed by atoms with Crippen molar-refractivity contribution in [1.82, 2.24) is 19.4 Å². The summed E-state index contributed by atoms with van der Waals surface area (Å²) in [5, 5.41) is 0.679. The number of allylic oxidation sites excluding steroid dienone is 1. The molecule has 0 bridgehead atoms. The second-order valence-corrected chi connectivity index (χ2v) is 6.29. The maximum atomic E-state index is 12.6. The van der Waals surface area contributed by atoms with Crippen molar-refractivity contribution in [2.24, 2.45) is 7.05 Å². The molecule has 0 N–H and O–H groups in total. The van der Waals surface area contributed by atoms with Gasteiger partial charge in [0.2, 0.25) is 0 Å². The zero-order chi connectivity index (χ0) is 16.6. The van der Waals surface area contributed by atoms with Gasteiger partial charge in [-0.15, -0.1) is 0 Å². The highest BCUT2D eigenvalue weighted by Crippen LogP contribution is 2.21. The lowest BCUT2D eigenvalue weighted by Gasteiger charge is -2.39. The van der Waals surface area contributed by atoms with Crippen LogP contribution in [0, 0.1) is 0 Å². The van der Waals surface area contributed by atoms with Crippen LogP contribution >= 0.6 is 0 Å². The fraction of sp³-hybridized carbons (Fsp3) is 0.444. The average Bonchev–Trinajstić information content (AvgIpc) is 2.57. The summed E-state index contributed by atoms with van der Waals surface area (Å²) in [5.41, 5.74) is 1.92. The highest BCUT2D eigenvalue weighted by molar-refractivity contribution is 5.77. The monoisotopic (exact) mass is 312 g/mol. The van der Waals surface area contributed by atoms with Gasteiger partial charge in [-0.3, -0.25) is 14.3 Å². The summed E-state index contributed by atoms with van der Waals surface area (Å²) in [6, 6.07) is 7.67. The molecule has 0 spiro atoms. The molecular formula is C18H24N4O. The number of fused-ring (bicyclic) bond motifs is 1. The van der Waals surface area contributed by atoms with Gasteiger partial charge in [-0.1, -0.05) is 18.7 Å². The summed E-state index contributed by atoms with van der Waals surface area (Å²) in [5.74, 6) is 0.831. The van der Waals surface area contributed by atoms with Crippen molar-refractivity contribution in [2.45, 2.75) is 19.9 Å². The molecule has 122 valence electrons. The highest BCUT2D eigenvalue weighted by Gasteiger charge is 2.24. The van der Waals surface area contributed by atoms with Gasteiger partial charge < -0.3 is 4.90 Å². The van der Waals surface area contributed by atoms with E-state index in [-0.39, 0.29) is 11.6 Å². The number of nitrogens with zero attached hydrogens (tertiary/aromatic N) is 4. The first-order valence-electron chi connectivity index (χ1n) is 8.09. The molecule has 2 heterocycles. The molecule has 0 saturated carbocycles. The number of hydrogen-bond donors (Lipinski definition) is 0. The lowest BCUT2D eigenvalue weighted by molar-refractivity contribution is 0.117. The second kappa shape index (κ2) is 6.16. The molecule has 0 radical (unpaired) electrons. The Hall–Kier alpha value is -2.14. The van der Waals surface area contributed by atoms with Crippen molar-refractivity contribution in [3.05, 3.63) is 52.7 Å². The van der Waals surface area contributed by atoms with Crippen LogP contribution in [0.5, 0.6) is 0 Å². The van der Waals surface area contributed by atoms with E-state index in [1.807, 2.05) is 38.2 Å². The predicted molar refractivity (Wildman–Crippen MR) is 93.4 cm³/mol. The summed E-state index contributed by atoms with van der Waals surface area (Å²) in [7, 11) is 1.82. The van der Waals surface area contributed by atoms with Gasteiger partial charge in [0.15, 0.2) is 0 Å². The molecule has 23 heavy (non-hydrogen) atoms. The Labute approximate surface area is 136 Å². The van der Waals surface area contributed by atoms with Gasteiger partial charge in [-0.2, -0.15) is 0 Å². The second-order valence-electron chi connectivity index (χ2n) is 6.29. The van der Waals surface area contributed by atoms with Gasteiger partial charge in [-0.25, -0.2) is 4.98 Å². The third-order valence-corrected chi connectivity index (χ3v) is 4.79. The van der Waals surface area contributed by atoms with Crippen molar-refractivity contribution in [3.8, 4) is 0 Å². The molecule has 2 aromatic rings. The van der Waals surface area contributed by atoms with Gasteiger partial charge in [0.05, 0.1) is 16.9 Å². The first-order chi connectivity index (χ1) is 11.0. The van der Waals surface area contributed by atoms with E-state index in [0.29, 0.717) is 5.39 Å².